The Morgan fingerprint density at radius 1 is 0.976 bits per heavy atom. The molecule has 2 unspecified atom stereocenters. The number of fused-ring (bicyclic) bond motifs is 2. The van der Waals surface area contributed by atoms with Crippen LogP contribution in [0.3, 0.4) is 0 Å². The minimum atomic E-state index is -3.36. The van der Waals surface area contributed by atoms with Gasteiger partial charge in [-0.05, 0) is 17.2 Å². The monoisotopic (exact) mass is 572 g/mol. The Labute approximate surface area is 237 Å². The minimum absolute atomic E-state index is 0.0939. The summed E-state index contributed by atoms with van der Waals surface area (Å²) in [5.41, 5.74) is 3.83. The molecule has 41 heavy (non-hydrogen) atoms. The van der Waals surface area contributed by atoms with Crippen LogP contribution in [0.4, 0.5) is 0 Å². The van der Waals surface area contributed by atoms with Crippen molar-refractivity contribution in [2.75, 3.05) is 21.3 Å². The Bertz CT molecular complexity index is 1790. The summed E-state index contributed by atoms with van der Waals surface area (Å²) in [5.74, 6) is 1.33. The third kappa shape index (κ3) is 4.24. The number of carbonyl (C=O) groups is 1. The second-order valence-electron chi connectivity index (χ2n) is 9.83. The summed E-state index contributed by atoms with van der Waals surface area (Å²) in [5, 5.41) is 0.911. The van der Waals surface area contributed by atoms with E-state index in [4.69, 9.17) is 22.9 Å². The maximum absolute atomic E-state index is 12.9. The van der Waals surface area contributed by atoms with E-state index in [9.17, 15) is 9.36 Å². The summed E-state index contributed by atoms with van der Waals surface area (Å²) in [7, 11) is 2.80. The van der Waals surface area contributed by atoms with Gasteiger partial charge >= 0.3 is 7.60 Å². The lowest BCUT2D eigenvalue weighted by atomic mass is 9.75. The van der Waals surface area contributed by atoms with E-state index in [1.165, 1.54) is 14.2 Å². The van der Waals surface area contributed by atoms with Gasteiger partial charge in [-0.15, -0.1) is 0 Å². The average molecular weight is 573 g/mol. The topological polar surface area (TPSA) is 102 Å². The molecule has 210 valence electrons. The summed E-state index contributed by atoms with van der Waals surface area (Å²) >= 11 is 0. The van der Waals surface area contributed by atoms with Gasteiger partial charge in [0.2, 0.25) is 12.2 Å². The quantitative estimate of drug-likeness (QED) is 0.149. The van der Waals surface area contributed by atoms with E-state index in [1.807, 2.05) is 84.5 Å². The third-order valence-corrected chi connectivity index (χ3v) is 9.49. The smallest absolute Gasteiger partial charge is 0.339 e. The standard InChI is InChI=1S/C31H29N2O7P/c1-33-17-23(26-16-32-27(39-26)18-41(35,37-3)38-4)28-21(12-9-15-25(28)33)22-13-8-14-24-29(22)40-30(36-2)31(24,19-34)20-10-6-5-7-11-20/h5-17,19,30H,18H2,1-4H3. The van der Waals surface area contributed by atoms with Crippen molar-refractivity contribution in [1.82, 2.24) is 9.55 Å². The molecule has 0 spiro atoms. The lowest BCUT2D eigenvalue weighted by Crippen LogP contribution is -2.42. The first-order valence-corrected chi connectivity index (χ1v) is 14.7. The van der Waals surface area contributed by atoms with Crippen LogP contribution in [0, 0.1) is 0 Å². The highest BCUT2D eigenvalue weighted by Gasteiger charge is 2.52. The molecular weight excluding hydrogens is 543 g/mol. The number of carbonyl (C=O) groups excluding carboxylic acids is 1. The molecule has 0 aliphatic carbocycles. The lowest BCUT2D eigenvalue weighted by molar-refractivity contribution is -0.125. The third-order valence-electron chi connectivity index (χ3n) is 7.72. The fraction of sp³-hybridized carbons (Fsp3) is 0.226. The molecule has 0 saturated heterocycles. The molecule has 10 heteroatoms. The number of aldehydes is 1. The fourth-order valence-corrected chi connectivity index (χ4v) is 6.57. The molecule has 0 radical (unpaired) electrons. The Balaban J connectivity index is 1.53. The van der Waals surface area contributed by atoms with Crippen LogP contribution in [0.15, 0.2) is 83.5 Å². The van der Waals surface area contributed by atoms with Gasteiger partial charge in [-0.1, -0.05) is 60.7 Å². The number of aryl methyl sites for hydroxylation is 1. The molecular formula is C31H29N2O7P. The van der Waals surface area contributed by atoms with Gasteiger partial charge in [0.25, 0.3) is 0 Å². The largest absolute Gasteiger partial charge is 0.462 e. The van der Waals surface area contributed by atoms with E-state index in [1.54, 1.807) is 13.3 Å². The van der Waals surface area contributed by atoms with Crippen molar-refractivity contribution < 1.29 is 32.3 Å². The van der Waals surface area contributed by atoms with Crippen LogP contribution < -0.4 is 4.74 Å². The van der Waals surface area contributed by atoms with E-state index in [0.29, 0.717) is 11.5 Å². The summed E-state index contributed by atoms with van der Waals surface area (Å²) in [6.45, 7) is 0. The van der Waals surface area contributed by atoms with Crippen LogP contribution in [-0.4, -0.2) is 43.5 Å². The van der Waals surface area contributed by atoms with E-state index in [-0.39, 0.29) is 12.1 Å². The zero-order valence-corrected chi connectivity index (χ0v) is 24.0. The SMILES string of the molecule is COC1Oc2c(-c3cccc4c3c(-c3cnc(CP(=O)(OC)OC)o3)cn4C)cccc2C1(C=O)c1ccccc1. The lowest BCUT2D eigenvalue weighted by Gasteiger charge is -2.28. The first-order valence-electron chi connectivity index (χ1n) is 13.0. The number of aromatic nitrogens is 2. The van der Waals surface area contributed by atoms with Crippen molar-refractivity contribution in [3.8, 4) is 28.2 Å². The van der Waals surface area contributed by atoms with Crippen LogP contribution in [0.5, 0.6) is 5.75 Å². The van der Waals surface area contributed by atoms with Crippen molar-refractivity contribution in [1.29, 1.82) is 0 Å². The molecule has 2 aromatic heterocycles. The molecule has 0 bridgehead atoms. The maximum atomic E-state index is 12.9. The molecule has 3 aromatic carbocycles. The molecule has 3 heterocycles. The number of nitrogens with zero attached hydrogens (tertiary/aromatic N) is 2. The van der Waals surface area contributed by atoms with Crippen LogP contribution in [0.25, 0.3) is 33.4 Å². The van der Waals surface area contributed by atoms with Gasteiger partial charge in [0, 0.05) is 62.2 Å². The Hall–Kier alpha value is -4.01. The van der Waals surface area contributed by atoms with E-state index >= 15 is 0 Å². The van der Waals surface area contributed by atoms with Gasteiger partial charge in [0.15, 0.2) is 5.76 Å². The van der Waals surface area contributed by atoms with E-state index in [0.717, 1.165) is 45.0 Å². The summed E-state index contributed by atoms with van der Waals surface area (Å²) in [6.07, 6.45) is 3.54. The average Bonchev–Trinajstić information content (AvgIpc) is 3.71. The predicted octanol–water partition coefficient (Wildman–Crippen LogP) is 6.34. The van der Waals surface area contributed by atoms with Crippen molar-refractivity contribution in [2.24, 2.45) is 7.05 Å². The highest BCUT2D eigenvalue weighted by molar-refractivity contribution is 7.52. The van der Waals surface area contributed by atoms with Gasteiger partial charge in [0.05, 0.1) is 6.20 Å². The summed E-state index contributed by atoms with van der Waals surface area (Å²) < 4.78 is 43.0. The predicted molar refractivity (Wildman–Crippen MR) is 154 cm³/mol. The molecule has 0 fully saturated rings. The number of benzene rings is 3. The number of ether oxygens (including phenoxy) is 2. The molecule has 6 rings (SSSR count). The number of hydrogen-bond acceptors (Lipinski definition) is 8. The molecule has 0 N–H and O–H groups in total. The van der Waals surface area contributed by atoms with Crippen LogP contribution in [0.2, 0.25) is 0 Å². The molecule has 9 nitrogen and oxygen atoms in total. The normalized spacial score (nSPS) is 18.4. The second kappa shape index (κ2) is 10.4. The van der Waals surface area contributed by atoms with Crippen molar-refractivity contribution in [3.05, 3.63) is 96.1 Å². The number of rotatable bonds is 9. The zero-order chi connectivity index (χ0) is 28.8. The number of hydrogen-bond donors (Lipinski definition) is 0. The highest BCUT2D eigenvalue weighted by Crippen LogP contribution is 2.53. The van der Waals surface area contributed by atoms with Crippen LogP contribution in [-0.2, 0) is 41.8 Å². The second-order valence-corrected chi connectivity index (χ2v) is 12.1. The fourth-order valence-electron chi connectivity index (χ4n) is 5.69. The van der Waals surface area contributed by atoms with E-state index < -0.39 is 19.3 Å². The van der Waals surface area contributed by atoms with E-state index in [2.05, 4.69) is 4.98 Å². The highest BCUT2D eigenvalue weighted by atomic mass is 31.2. The zero-order valence-electron chi connectivity index (χ0n) is 23.1. The minimum Gasteiger partial charge on any atom is -0.462 e. The first-order chi connectivity index (χ1) is 19.9. The maximum Gasteiger partial charge on any atom is 0.339 e. The van der Waals surface area contributed by atoms with Crippen molar-refractivity contribution >= 4 is 24.8 Å². The Kier molecular flexibility index (Phi) is 6.91. The Morgan fingerprint density at radius 3 is 2.41 bits per heavy atom. The molecule has 1 aliphatic rings. The summed E-state index contributed by atoms with van der Waals surface area (Å²) in [6, 6.07) is 21.4. The molecule has 2 atom stereocenters. The summed E-state index contributed by atoms with van der Waals surface area (Å²) in [4.78, 5) is 17.2. The number of para-hydroxylation sites is 1. The van der Waals surface area contributed by atoms with Gasteiger partial charge < -0.3 is 32.3 Å². The van der Waals surface area contributed by atoms with Gasteiger partial charge in [-0.2, -0.15) is 0 Å². The number of methoxy groups -OCH3 is 1. The first kappa shape index (κ1) is 27.2. The van der Waals surface area contributed by atoms with Crippen LogP contribution >= 0.6 is 7.60 Å². The van der Waals surface area contributed by atoms with Gasteiger partial charge in [-0.25, -0.2) is 4.98 Å². The molecule has 0 amide bonds. The van der Waals surface area contributed by atoms with Gasteiger partial charge in [-0.3, -0.25) is 4.57 Å². The van der Waals surface area contributed by atoms with Crippen molar-refractivity contribution in [2.45, 2.75) is 17.9 Å². The van der Waals surface area contributed by atoms with Crippen LogP contribution in [0.1, 0.15) is 17.0 Å². The van der Waals surface area contributed by atoms with Crippen molar-refractivity contribution in [3.63, 3.8) is 0 Å². The number of oxazole rings is 1. The van der Waals surface area contributed by atoms with Gasteiger partial charge in [0.1, 0.15) is 23.6 Å². The Morgan fingerprint density at radius 2 is 1.71 bits per heavy atom. The molecule has 1 aliphatic heterocycles. The molecule has 0 saturated carbocycles. The molecule has 5 aromatic rings.